The van der Waals surface area contributed by atoms with E-state index in [0.717, 1.165) is 24.8 Å². The number of likely N-dealkylation sites (N-methyl/N-ethyl adjacent to an activating group) is 1. The highest BCUT2D eigenvalue weighted by atomic mass is 35.5. The summed E-state index contributed by atoms with van der Waals surface area (Å²) in [7, 11) is 1.74. The molecular formula is C19H18Cl2N2O3. The highest BCUT2D eigenvalue weighted by molar-refractivity contribution is 6.41. The number of aryl methyl sites for hydroxylation is 1. The minimum Gasteiger partial charge on any atom is -0.452 e. The fourth-order valence-electron chi connectivity index (χ4n) is 3.15. The SMILES string of the molecule is CN(C(=O)COC(=O)c1cnc(Cl)c(Cl)c1)C1CCCc2ccccc21. The molecule has 1 heterocycles. The lowest BCUT2D eigenvalue weighted by atomic mass is 9.87. The van der Waals surface area contributed by atoms with E-state index in [4.69, 9.17) is 27.9 Å². The smallest absolute Gasteiger partial charge is 0.340 e. The maximum atomic E-state index is 12.5. The summed E-state index contributed by atoms with van der Waals surface area (Å²) in [6, 6.07) is 9.50. The Morgan fingerprint density at radius 1 is 1.31 bits per heavy atom. The molecule has 1 aliphatic rings. The number of hydrogen-bond acceptors (Lipinski definition) is 4. The van der Waals surface area contributed by atoms with Gasteiger partial charge in [-0.3, -0.25) is 4.79 Å². The summed E-state index contributed by atoms with van der Waals surface area (Å²) in [5, 5.41) is 0.262. The van der Waals surface area contributed by atoms with E-state index in [9.17, 15) is 9.59 Å². The van der Waals surface area contributed by atoms with Crippen LogP contribution in [0.25, 0.3) is 0 Å². The van der Waals surface area contributed by atoms with Gasteiger partial charge in [0, 0.05) is 13.2 Å². The number of benzene rings is 1. The fraction of sp³-hybridized carbons (Fsp3) is 0.316. The standard InChI is InChI=1S/C19H18Cl2N2O3/c1-23(16-8-4-6-12-5-2-3-7-14(12)16)17(24)11-26-19(25)13-9-15(20)18(21)22-10-13/h2-3,5,7,9-10,16H,4,6,8,11H2,1H3. The highest BCUT2D eigenvalue weighted by Gasteiger charge is 2.27. The number of ether oxygens (including phenoxy) is 1. The van der Waals surface area contributed by atoms with Gasteiger partial charge in [-0.15, -0.1) is 0 Å². The van der Waals surface area contributed by atoms with Crippen molar-refractivity contribution in [2.45, 2.75) is 25.3 Å². The van der Waals surface area contributed by atoms with Crippen LogP contribution in [0.15, 0.2) is 36.5 Å². The van der Waals surface area contributed by atoms with E-state index >= 15 is 0 Å². The van der Waals surface area contributed by atoms with Crippen LogP contribution in [-0.4, -0.2) is 35.4 Å². The van der Waals surface area contributed by atoms with Crippen molar-refractivity contribution in [2.24, 2.45) is 0 Å². The van der Waals surface area contributed by atoms with Crippen molar-refractivity contribution < 1.29 is 14.3 Å². The molecule has 0 aliphatic heterocycles. The fourth-order valence-corrected chi connectivity index (χ4v) is 3.42. The Balaban J connectivity index is 1.63. The summed E-state index contributed by atoms with van der Waals surface area (Å²) in [5.74, 6) is -0.921. The van der Waals surface area contributed by atoms with Gasteiger partial charge in [-0.2, -0.15) is 0 Å². The summed E-state index contributed by atoms with van der Waals surface area (Å²) in [5.41, 5.74) is 2.58. The number of amides is 1. The second-order valence-electron chi connectivity index (χ2n) is 6.18. The Morgan fingerprint density at radius 3 is 2.85 bits per heavy atom. The maximum Gasteiger partial charge on any atom is 0.340 e. The van der Waals surface area contributed by atoms with Crippen LogP contribution in [0, 0.1) is 0 Å². The number of hydrogen-bond donors (Lipinski definition) is 0. The molecule has 1 aliphatic carbocycles. The lowest BCUT2D eigenvalue weighted by Crippen LogP contribution is -2.36. The van der Waals surface area contributed by atoms with Crippen LogP contribution in [0.5, 0.6) is 0 Å². The van der Waals surface area contributed by atoms with Crippen molar-refractivity contribution in [2.75, 3.05) is 13.7 Å². The molecule has 0 fully saturated rings. The van der Waals surface area contributed by atoms with Gasteiger partial charge in [0.15, 0.2) is 6.61 Å². The van der Waals surface area contributed by atoms with Crippen LogP contribution in [-0.2, 0) is 16.0 Å². The molecule has 1 aromatic heterocycles. The molecule has 7 heteroatoms. The van der Waals surface area contributed by atoms with E-state index in [1.807, 2.05) is 12.1 Å². The average Bonchev–Trinajstić information content (AvgIpc) is 2.66. The van der Waals surface area contributed by atoms with Crippen molar-refractivity contribution in [3.8, 4) is 0 Å². The normalized spacial score (nSPS) is 15.9. The molecule has 0 N–H and O–H groups in total. The zero-order chi connectivity index (χ0) is 18.7. The van der Waals surface area contributed by atoms with Gasteiger partial charge in [0.05, 0.1) is 16.6 Å². The molecule has 26 heavy (non-hydrogen) atoms. The van der Waals surface area contributed by atoms with E-state index in [1.54, 1.807) is 11.9 Å². The maximum absolute atomic E-state index is 12.5. The average molecular weight is 393 g/mol. The zero-order valence-corrected chi connectivity index (χ0v) is 15.8. The number of fused-ring (bicyclic) bond motifs is 1. The van der Waals surface area contributed by atoms with E-state index < -0.39 is 5.97 Å². The van der Waals surface area contributed by atoms with Crippen molar-refractivity contribution in [3.63, 3.8) is 0 Å². The minimum atomic E-state index is -0.665. The summed E-state index contributed by atoms with van der Waals surface area (Å²) in [4.78, 5) is 30.0. The molecule has 0 radical (unpaired) electrons. The Labute approximate surface area is 161 Å². The monoisotopic (exact) mass is 392 g/mol. The van der Waals surface area contributed by atoms with Gasteiger partial charge >= 0.3 is 5.97 Å². The van der Waals surface area contributed by atoms with Gasteiger partial charge in [-0.05, 0) is 36.5 Å². The summed E-state index contributed by atoms with van der Waals surface area (Å²) in [6.45, 7) is -0.339. The summed E-state index contributed by atoms with van der Waals surface area (Å²) >= 11 is 11.6. The molecule has 2 aromatic rings. The van der Waals surface area contributed by atoms with E-state index in [-0.39, 0.29) is 34.3 Å². The largest absolute Gasteiger partial charge is 0.452 e. The zero-order valence-electron chi connectivity index (χ0n) is 14.2. The molecule has 1 atom stereocenters. The number of rotatable bonds is 4. The van der Waals surface area contributed by atoms with Gasteiger partial charge in [0.2, 0.25) is 0 Å². The van der Waals surface area contributed by atoms with Crippen molar-refractivity contribution in [3.05, 3.63) is 63.4 Å². The first kappa shape index (κ1) is 18.7. The molecule has 1 unspecified atom stereocenters. The first-order valence-corrected chi connectivity index (χ1v) is 9.04. The highest BCUT2D eigenvalue weighted by Crippen LogP contribution is 2.33. The Hall–Kier alpha value is -2.11. The number of carbonyl (C=O) groups is 2. The molecule has 136 valence electrons. The molecular weight excluding hydrogens is 375 g/mol. The van der Waals surface area contributed by atoms with Crippen LogP contribution in [0.1, 0.15) is 40.4 Å². The third kappa shape index (κ3) is 4.00. The van der Waals surface area contributed by atoms with Crippen LogP contribution in [0.4, 0.5) is 0 Å². The van der Waals surface area contributed by atoms with E-state index in [1.165, 1.54) is 17.8 Å². The quantitative estimate of drug-likeness (QED) is 0.580. The predicted molar refractivity (Wildman–Crippen MR) is 99.4 cm³/mol. The van der Waals surface area contributed by atoms with E-state index in [2.05, 4.69) is 17.1 Å². The Kier molecular flexibility index (Phi) is 5.79. The van der Waals surface area contributed by atoms with Crippen molar-refractivity contribution in [1.82, 2.24) is 9.88 Å². The first-order chi connectivity index (χ1) is 12.5. The number of aromatic nitrogens is 1. The molecule has 0 spiro atoms. The number of nitrogens with zero attached hydrogens (tertiary/aromatic N) is 2. The lowest BCUT2D eigenvalue weighted by molar-refractivity contribution is -0.135. The van der Waals surface area contributed by atoms with Gasteiger partial charge in [-0.25, -0.2) is 9.78 Å². The first-order valence-electron chi connectivity index (χ1n) is 8.29. The van der Waals surface area contributed by atoms with Gasteiger partial charge in [0.25, 0.3) is 5.91 Å². The topological polar surface area (TPSA) is 59.5 Å². The van der Waals surface area contributed by atoms with Crippen molar-refractivity contribution >= 4 is 35.1 Å². The second kappa shape index (κ2) is 8.06. The third-order valence-corrected chi connectivity index (χ3v) is 5.24. The van der Waals surface area contributed by atoms with Crippen LogP contribution in [0.2, 0.25) is 10.2 Å². The molecule has 0 saturated heterocycles. The molecule has 3 rings (SSSR count). The number of halogens is 2. The summed E-state index contributed by atoms with van der Waals surface area (Å²) < 4.78 is 5.11. The summed E-state index contributed by atoms with van der Waals surface area (Å²) in [6.07, 6.45) is 4.20. The Morgan fingerprint density at radius 2 is 2.08 bits per heavy atom. The lowest BCUT2D eigenvalue weighted by Gasteiger charge is -2.33. The van der Waals surface area contributed by atoms with Gasteiger partial charge in [0.1, 0.15) is 5.15 Å². The third-order valence-electron chi connectivity index (χ3n) is 4.56. The number of pyridine rings is 1. The van der Waals surface area contributed by atoms with E-state index in [0.29, 0.717) is 0 Å². The molecule has 0 saturated carbocycles. The van der Waals surface area contributed by atoms with Crippen LogP contribution in [0.3, 0.4) is 0 Å². The molecule has 1 amide bonds. The predicted octanol–water partition coefficient (Wildman–Crippen LogP) is 4.08. The number of esters is 1. The molecule has 1 aromatic carbocycles. The molecule has 0 bridgehead atoms. The molecule has 5 nitrogen and oxygen atoms in total. The van der Waals surface area contributed by atoms with Gasteiger partial charge in [-0.1, -0.05) is 47.5 Å². The van der Waals surface area contributed by atoms with Crippen molar-refractivity contribution in [1.29, 1.82) is 0 Å². The number of carbonyl (C=O) groups excluding carboxylic acids is 2. The minimum absolute atomic E-state index is 0.00204. The van der Waals surface area contributed by atoms with Crippen LogP contribution < -0.4 is 0 Å². The van der Waals surface area contributed by atoms with Gasteiger partial charge < -0.3 is 9.64 Å². The second-order valence-corrected chi connectivity index (χ2v) is 6.95. The Bertz CT molecular complexity index is 841. The van der Waals surface area contributed by atoms with Crippen LogP contribution >= 0.6 is 23.2 Å².